The average molecular weight is 304 g/mol. The quantitative estimate of drug-likeness (QED) is 0.819. The van der Waals surface area contributed by atoms with Crippen LogP contribution in [0.4, 0.5) is 0 Å². The second kappa shape index (κ2) is 4.88. The molecule has 1 fully saturated rings. The third-order valence-electron chi connectivity index (χ3n) is 3.13. The summed E-state index contributed by atoms with van der Waals surface area (Å²) in [6.07, 6.45) is 0.164. The first-order valence-corrected chi connectivity index (χ1v) is 6.48. The molecule has 0 unspecified atom stereocenters. The van der Waals surface area contributed by atoms with Gasteiger partial charge in [0.1, 0.15) is 16.8 Å². The Kier molecular flexibility index (Phi) is 3.36. The van der Waals surface area contributed by atoms with Gasteiger partial charge >= 0.3 is 0 Å². The molecule has 2 N–H and O–H groups in total. The van der Waals surface area contributed by atoms with Crippen LogP contribution in [-0.2, 0) is 4.74 Å². The molecule has 19 heavy (non-hydrogen) atoms. The van der Waals surface area contributed by atoms with Gasteiger partial charge in [-0.05, 0) is 0 Å². The Hall–Kier alpha value is -0.920. The number of imidazole rings is 1. The maximum Gasteiger partial charge on any atom is 0.161 e. The number of aliphatic hydroxyl groups excluding tert-OH is 2. The summed E-state index contributed by atoms with van der Waals surface area (Å²) in [6.45, 7) is -0.136. The number of hydrogen-bond donors (Lipinski definition) is 2. The molecule has 6 nitrogen and oxygen atoms in total. The highest BCUT2D eigenvalue weighted by Gasteiger charge is 2.35. The monoisotopic (exact) mass is 303 g/mol. The molecule has 0 saturated carbocycles. The summed E-state index contributed by atoms with van der Waals surface area (Å²) in [5.41, 5.74) is 1.13. The predicted octanol–water partition coefficient (Wildman–Crippen LogP) is 1.38. The number of nitrogens with zero attached hydrogens (tertiary/aromatic N) is 3. The summed E-state index contributed by atoms with van der Waals surface area (Å²) >= 11 is 11.8. The molecule has 2 aromatic rings. The molecule has 1 aliphatic heterocycles. The van der Waals surface area contributed by atoms with Gasteiger partial charge in [0.25, 0.3) is 0 Å². The number of hydrogen-bond acceptors (Lipinski definition) is 5. The van der Waals surface area contributed by atoms with Gasteiger partial charge in [-0.2, -0.15) is 0 Å². The van der Waals surface area contributed by atoms with E-state index in [-0.39, 0.29) is 23.0 Å². The SMILES string of the molecule is OC[C@@H]1C[C@@H](O)[C@H](n2cnc3c(Cl)nc(Cl)cc32)O1. The van der Waals surface area contributed by atoms with Crippen LogP contribution in [-0.4, -0.2) is 43.6 Å². The Bertz CT molecular complexity index is 618. The van der Waals surface area contributed by atoms with E-state index in [4.69, 9.17) is 33.0 Å². The Morgan fingerprint density at radius 3 is 2.95 bits per heavy atom. The first kappa shape index (κ1) is 13.1. The van der Waals surface area contributed by atoms with Gasteiger partial charge in [0.2, 0.25) is 0 Å². The van der Waals surface area contributed by atoms with Crippen LogP contribution in [0.5, 0.6) is 0 Å². The summed E-state index contributed by atoms with van der Waals surface area (Å²) in [6, 6.07) is 1.61. The van der Waals surface area contributed by atoms with E-state index in [0.717, 1.165) is 0 Å². The molecule has 102 valence electrons. The number of aliphatic hydroxyl groups is 2. The molecule has 0 aliphatic carbocycles. The molecule has 3 atom stereocenters. The van der Waals surface area contributed by atoms with Crippen LogP contribution in [0, 0.1) is 0 Å². The van der Waals surface area contributed by atoms with E-state index >= 15 is 0 Å². The Morgan fingerprint density at radius 1 is 1.47 bits per heavy atom. The molecule has 0 amide bonds. The predicted molar refractivity (Wildman–Crippen MR) is 69.2 cm³/mol. The van der Waals surface area contributed by atoms with Crippen molar-refractivity contribution in [1.29, 1.82) is 0 Å². The first-order chi connectivity index (χ1) is 9.10. The number of halogens is 2. The third kappa shape index (κ3) is 2.19. The summed E-state index contributed by atoms with van der Waals surface area (Å²) in [5.74, 6) is 0. The summed E-state index contributed by atoms with van der Waals surface area (Å²) < 4.78 is 7.22. The highest BCUT2D eigenvalue weighted by molar-refractivity contribution is 6.36. The minimum atomic E-state index is -0.722. The summed E-state index contributed by atoms with van der Waals surface area (Å²) in [4.78, 5) is 8.05. The van der Waals surface area contributed by atoms with Crippen LogP contribution in [0.1, 0.15) is 12.6 Å². The third-order valence-corrected chi connectivity index (χ3v) is 3.59. The fourth-order valence-electron chi connectivity index (χ4n) is 2.26. The lowest BCUT2D eigenvalue weighted by molar-refractivity contribution is -0.0484. The zero-order chi connectivity index (χ0) is 13.6. The van der Waals surface area contributed by atoms with E-state index in [1.807, 2.05) is 0 Å². The van der Waals surface area contributed by atoms with E-state index < -0.39 is 12.3 Å². The maximum absolute atomic E-state index is 9.99. The number of ether oxygens (including phenoxy) is 1. The molecule has 8 heteroatoms. The average Bonchev–Trinajstić information content (AvgIpc) is 2.92. The van der Waals surface area contributed by atoms with Crippen LogP contribution in [0.3, 0.4) is 0 Å². The summed E-state index contributed by atoms with van der Waals surface area (Å²) in [5, 5.41) is 19.5. The maximum atomic E-state index is 9.99. The minimum Gasteiger partial charge on any atom is -0.394 e. The molecule has 1 aliphatic rings. The van der Waals surface area contributed by atoms with Crippen molar-refractivity contribution in [2.75, 3.05) is 6.61 Å². The number of pyridine rings is 1. The number of fused-ring (bicyclic) bond motifs is 1. The van der Waals surface area contributed by atoms with Crippen LogP contribution in [0.25, 0.3) is 11.0 Å². The molecular formula is C11H11Cl2N3O3. The van der Waals surface area contributed by atoms with Crippen molar-refractivity contribution < 1.29 is 14.9 Å². The second-order valence-electron chi connectivity index (χ2n) is 4.39. The fourth-order valence-corrected chi connectivity index (χ4v) is 2.73. The van der Waals surface area contributed by atoms with Crippen molar-refractivity contribution in [2.45, 2.75) is 24.9 Å². The van der Waals surface area contributed by atoms with Crippen LogP contribution < -0.4 is 0 Å². The molecule has 0 bridgehead atoms. The minimum absolute atomic E-state index is 0.136. The van der Waals surface area contributed by atoms with Crippen molar-refractivity contribution in [3.8, 4) is 0 Å². The van der Waals surface area contributed by atoms with Crippen molar-refractivity contribution in [3.05, 3.63) is 22.7 Å². The molecule has 0 radical (unpaired) electrons. The molecule has 1 saturated heterocycles. The van der Waals surface area contributed by atoms with Crippen LogP contribution in [0.15, 0.2) is 12.4 Å². The van der Waals surface area contributed by atoms with Gasteiger partial charge in [0.05, 0.1) is 24.6 Å². The topological polar surface area (TPSA) is 80.4 Å². The summed E-state index contributed by atoms with van der Waals surface area (Å²) in [7, 11) is 0. The van der Waals surface area contributed by atoms with Gasteiger partial charge in [-0.25, -0.2) is 9.97 Å². The van der Waals surface area contributed by atoms with Gasteiger partial charge in [-0.15, -0.1) is 0 Å². The highest BCUT2D eigenvalue weighted by Crippen LogP contribution is 2.33. The lowest BCUT2D eigenvalue weighted by Gasteiger charge is -2.17. The van der Waals surface area contributed by atoms with Gasteiger partial charge in [0, 0.05) is 12.5 Å². The lowest BCUT2D eigenvalue weighted by Crippen LogP contribution is -2.18. The van der Waals surface area contributed by atoms with E-state index in [0.29, 0.717) is 17.5 Å². The fraction of sp³-hybridized carbons (Fsp3) is 0.455. The lowest BCUT2D eigenvalue weighted by atomic mass is 10.2. The van der Waals surface area contributed by atoms with E-state index in [1.54, 1.807) is 10.6 Å². The Morgan fingerprint density at radius 2 is 2.26 bits per heavy atom. The first-order valence-electron chi connectivity index (χ1n) is 5.73. The highest BCUT2D eigenvalue weighted by atomic mass is 35.5. The van der Waals surface area contributed by atoms with Gasteiger partial charge < -0.3 is 19.5 Å². The number of aromatic nitrogens is 3. The standard InChI is InChI=1S/C11H11Cl2N3O3/c12-8-2-6-9(10(13)15-8)14-4-16(6)11-7(18)1-5(3-17)19-11/h2,4-5,7,11,17-18H,1,3H2/t5-,7+,11+/m0/s1. The zero-order valence-electron chi connectivity index (χ0n) is 9.70. The Balaban J connectivity index is 2.06. The zero-order valence-corrected chi connectivity index (χ0v) is 11.2. The number of rotatable bonds is 2. The van der Waals surface area contributed by atoms with Crippen LogP contribution >= 0.6 is 23.2 Å². The van der Waals surface area contributed by atoms with Crippen molar-refractivity contribution in [1.82, 2.24) is 14.5 Å². The molecule has 2 aromatic heterocycles. The molecule has 3 heterocycles. The van der Waals surface area contributed by atoms with Gasteiger partial charge in [-0.1, -0.05) is 23.2 Å². The Labute approximate surface area is 118 Å². The molecule has 3 rings (SSSR count). The van der Waals surface area contributed by atoms with Crippen molar-refractivity contribution in [3.63, 3.8) is 0 Å². The molecule has 0 spiro atoms. The van der Waals surface area contributed by atoms with E-state index in [1.165, 1.54) is 6.33 Å². The van der Waals surface area contributed by atoms with Gasteiger partial charge in [-0.3, -0.25) is 0 Å². The van der Waals surface area contributed by atoms with Crippen molar-refractivity contribution in [2.24, 2.45) is 0 Å². The van der Waals surface area contributed by atoms with Crippen molar-refractivity contribution >= 4 is 34.2 Å². The molecule has 0 aromatic carbocycles. The second-order valence-corrected chi connectivity index (χ2v) is 5.13. The largest absolute Gasteiger partial charge is 0.394 e. The van der Waals surface area contributed by atoms with Crippen LogP contribution in [0.2, 0.25) is 10.3 Å². The van der Waals surface area contributed by atoms with E-state index in [9.17, 15) is 5.11 Å². The normalized spacial score (nSPS) is 27.3. The van der Waals surface area contributed by atoms with E-state index in [2.05, 4.69) is 9.97 Å². The smallest absolute Gasteiger partial charge is 0.161 e. The molecular weight excluding hydrogens is 293 g/mol. The van der Waals surface area contributed by atoms with Gasteiger partial charge in [0.15, 0.2) is 11.4 Å².